The lowest BCUT2D eigenvalue weighted by atomic mass is 10.1. The summed E-state index contributed by atoms with van der Waals surface area (Å²) in [5, 5.41) is 3.58. The molecule has 0 radical (unpaired) electrons. The normalized spacial score (nSPS) is 16.9. The molecule has 6 heteroatoms. The number of nitrogens with two attached hydrogens (primary N) is 1. The molecule has 0 bridgehead atoms. The molecule has 2 aromatic rings. The molecule has 0 saturated carbocycles. The van der Waals surface area contributed by atoms with Crippen molar-refractivity contribution in [3.05, 3.63) is 29.8 Å². The van der Waals surface area contributed by atoms with Crippen LogP contribution >= 0.6 is 0 Å². The Morgan fingerprint density at radius 1 is 1.29 bits per heavy atom. The van der Waals surface area contributed by atoms with E-state index >= 15 is 0 Å². The molecule has 1 aliphatic rings. The van der Waals surface area contributed by atoms with E-state index in [2.05, 4.69) is 5.16 Å². The fourth-order valence-electron chi connectivity index (χ4n) is 1.98. The zero-order valence-electron chi connectivity index (χ0n) is 8.88. The lowest BCUT2D eigenvalue weighted by Crippen LogP contribution is -1.98. The predicted molar refractivity (Wildman–Crippen MR) is 62.1 cm³/mol. The van der Waals surface area contributed by atoms with Gasteiger partial charge in [0.05, 0.1) is 10.6 Å². The number of hydrogen-bond donors (Lipinski definition) is 1. The van der Waals surface area contributed by atoms with Crippen LogP contribution < -0.4 is 5.73 Å². The Bertz CT molecular complexity index is 688. The number of aryl methyl sites for hydroxylation is 1. The average Bonchev–Trinajstić information content (AvgIpc) is 2.84. The molecular weight excluding hydrogens is 240 g/mol. The molecule has 0 spiro atoms. The summed E-state index contributed by atoms with van der Waals surface area (Å²) in [6.45, 7) is 0. The molecule has 0 fully saturated rings. The molecule has 0 unspecified atom stereocenters. The zero-order chi connectivity index (χ0) is 12.0. The van der Waals surface area contributed by atoms with Crippen molar-refractivity contribution in [1.29, 1.82) is 0 Å². The fraction of sp³-hybridized carbons (Fsp3) is 0.182. The highest BCUT2D eigenvalue weighted by molar-refractivity contribution is 7.91. The van der Waals surface area contributed by atoms with Crippen LogP contribution in [0.5, 0.6) is 0 Å². The Morgan fingerprint density at radius 2 is 2.12 bits per heavy atom. The molecule has 0 atom stereocenters. The van der Waals surface area contributed by atoms with E-state index in [0.29, 0.717) is 22.6 Å². The Labute approximate surface area is 98.1 Å². The molecular formula is C11H10N2O3S. The van der Waals surface area contributed by atoms with Crippen molar-refractivity contribution in [2.45, 2.75) is 11.3 Å². The van der Waals surface area contributed by atoms with Crippen LogP contribution in [0.25, 0.3) is 11.3 Å². The van der Waals surface area contributed by atoms with E-state index in [9.17, 15) is 8.42 Å². The van der Waals surface area contributed by atoms with E-state index < -0.39 is 9.84 Å². The maximum Gasteiger partial charge on any atom is 0.179 e. The van der Waals surface area contributed by atoms with Crippen LogP contribution in [0.2, 0.25) is 0 Å². The SMILES string of the molecule is Nc1cc(-c2ccc3c(c2)S(=O)(=O)CC3)on1. The minimum atomic E-state index is -3.12. The van der Waals surface area contributed by atoms with E-state index in [-0.39, 0.29) is 11.6 Å². The number of hydrogen-bond acceptors (Lipinski definition) is 5. The van der Waals surface area contributed by atoms with Crippen LogP contribution in [-0.4, -0.2) is 19.3 Å². The van der Waals surface area contributed by atoms with Gasteiger partial charge in [-0.2, -0.15) is 0 Å². The number of sulfone groups is 1. The minimum Gasteiger partial charge on any atom is -0.381 e. The van der Waals surface area contributed by atoms with Gasteiger partial charge >= 0.3 is 0 Å². The van der Waals surface area contributed by atoms with Gasteiger partial charge in [-0.25, -0.2) is 8.42 Å². The number of nitrogen functional groups attached to an aromatic ring is 1. The number of aromatic nitrogens is 1. The van der Waals surface area contributed by atoms with Crippen molar-refractivity contribution in [2.24, 2.45) is 0 Å². The van der Waals surface area contributed by atoms with Crippen LogP contribution in [0, 0.1) is 0 Å². The summed E-state index contributed by atoms with van der Waals surface area (Å²) in [4.78, 5) is 0.393. The topological polar surface area (TPSA) is 86.2 Å². The molecule has 1 aromatic heterocycles. The molecule has 1 aliphatic heterocycles. The van der Waals surface area contributed by atoms with Gasteiger partial charge in [0.1, 0.15) is 0 Å². The first kappa shape index (κ1) is 10.3. The molecule has 2 N–H and O–H groups in total. The van der Waals surface area contributed by atoms with E-state index in [1.165, 1.54) is 0 Å². The molecule has 0 aliphatic carbocycles. The number of anilines is 1. The zero-order valence-corrected chi connectivity index (χ0v) is 9.70. The molecule has 1 aromatic carbocycles. The predicted octanol–water partition coefficient (Wildman–Crippen LogP) is 1.25. The highest BCUT2D eigenvalue weighted by Gasteiger charge is 2.26. The Hall–Kier alpha value is -1.82. The third kappa shape index (κ3) is 1.61. The quantitative estimate of drug-likeness (QED) is 0.823. The highest BCUT2D eigenvalue weighted by atomic mass is 32.2. The lowest BCUT2D eigenvalue weighted by molar-refractivity contribution is 0.435. The minimum absolute atomic E-state index is 0.185. The van der Waals surface area contributed by atoms with Crippen molar-refractivity contribution in [3.63, 3.8) is 0 Å². The molecule has 3 rings (SSSR count). The summed E-state index contributed by atoms with van der Waals surface area (Å²) >= 11 is 0. The molecule has 5 nitrogen and oxygen atoms in total. The Balaban J connectivity index is 2.17. The number of nitrogens with zero attached hydrogens (tertiary/aromatic N) is 1. The van der Waals surface area contributed by atoms with Crippen LogP contribution in [0.1, 0.15) is 5.56 Å². The number of benzene rings is 1. The second-order valence-corrected chi connectivity index (χ2v) is 6.08. The highest BCUT2D eigenvalue weighted by Crippen LogP contribution is 2.31. The van der Waals surface area contributed by atoms with Crippen molar-refractivity contribution in [3.8, 4) is 11.3 Å². The largest absolute Gasteiger partial charge is 0.381 e. The van der Waals surface area contributed by atoms with Gasteiger partial charge in [-0.15, -0.1) is 0 Å². The first-order valence-corrected chi connectivity index (χ1v) is 6.80. The van der Waals surface area contributed by atoms with Gasteiger partial charge < -0.3 is 10.3 Å². The maximum atomic E-state index is 11.8. The van der Waals surface area contributed by atoms with Crippen molar-refractivity contribution >= 4 is 15.7 Å². The van der Waals surface area contributed by atoms with E-state index in [4.69, 9.17) is 10.3 Å². The van der Waals surface area contributed by atoms with Crippen LogP contribution in [-0.2, 0) is 16.3 Å². The van der Waals surface area contributed by atoms with Crippen LogP contribution in [0.4, 0.5) is 5.82 Å². The van der Waals surface area contributed by atoms with Crippen molar-refractivity contribution < 1.29 is 12.9 Å². The van der Waals surface area contributed by atoms with Gasteiger partial charge in [-0.1, -0.05) is 17.3 Å². The van der Waals surface area contributed by atoms with Gasteiger partial charge in [0, 0.05) is 11.6 Å². The van der Waals surface area contributed by atoms with E-state index in [1.807, 2.05) is 12.1 Å². The molecule has 88 valence electrons. The number of rotatable bonds is 1. The summed E-state index contributed by atoms with van der Waals surface area (Å²) in [5.74, 6) is 0.945. The van der Waals surface area contributed by atoms with Gasteiger partial charge in [-0.05, 0) is 18.1 Å². The van der Waals surface area contributed by atoms with Crippen LogP contribution in [0.15, 0.2) is 33.7 Å². The molecule has 2 heterocycles. The fourth-order valence-corrected chi connectivity index (χ4v) is 3.57. The standard InChI is InChI=1S/C11H10N2O3S/c12-11-6-9(16-13-11)8-2-1-7-3-4-17(14,15)10(7)5-8/h1-2,5-6H,3-4H2,(H2,12,13). The summed E-state index contributed by atoms with van der Waals surface area (Å²) in [6.07, 6.45) is 0.580. The van der Waals surface area contributed by atoms with Crippen molar-refractivity contribution in [2.75, 3.05) is 11.5 Å². The number of fused-ring (bicyclic) bond motifs is 1. The molecule has 0 saturated heterocycles. The van der Waals surface area contributed by atoms with Gasteiger partial charge in [0.15, 0.2) is 21.4 Å². The Kier molecular flexibility index (Phi) is 2.03. The molecule has 0 amide bonds. The van der Waals surface area contributed by atoms with Crippen molar-refractivity contribution in [1.82, 2.24) is 5.16 Å². The average molecular weight is 250 g/mol. The first-order valence-electron chi connectivity index (χ1n) is 5.14. The maximum absolute atomic E-state index is 11.8. The smallest absolute Gasteiger partial charge is 0.179 e. The van der Waals surface area contributed by atoms with Crippen LogP contribution in [0.3, 0.4) is 0 Å². The monoisotopic (exact) mass is 250 g/mol. The second-order valence-electron chi connectivity index (χ2n) is 4.01. The summed E-state index contributed by atoms with van der Waals surface area (Å²) in [5.41, 5.74) is 7.00. The van der Waals surface area contributed by atoms with E-state index in [1.54, 1.807) is 12.1 Å². The van der Waals surface area contributed by atoms with Gasteiger partial charge in [0.25, 0.3) is 0 Å². The third-order valence-electron chi connectivity index (χ3n) is 2.86. The Morgan fingerprint density at radius 3 is 2.82 bits per heavy atom. The summed E-state index contributed by atoms with van der Waals surface area (Å²) < 4.78 is 28.6. The van der Waals surface area contributed by atoms with Gasteiger partial charge in [0.2, 0.25) is 0 Å². The van der Waals surface area contributed by atoms with E-state index in [0.717, 1.165) is 5.56 Å². The molecule has 17 heavy (non-hydrogen) atoms. The van der Waals surface area contributed by atoms with Gasteiger partial charge in [-0.3, -0.25) is 0 Å². The summed E-state index contributed by atoms with van der Waals surface area (Å²) in [7, 11) is -3.12. The lowest BCUT2D eigenvalue weighted by Gasteiger charge is -2.00. The second kappa shape index (κ2) is 3.33. The third-order valence-corrected chi connectivity index (χ3v) is 4.65. The summed E-state index contributed by atoms with van der Waals surface area (Å²) in [6, 6.07) is 6.83. The first-order chi connectivity index (χ1) is 8.06.